The number of nitrogens with one attached hydrogen (secondary N) is 1. The maximum Gasteiger partial charge on any atom is 0.337 e. The first kappa shape index (κ1) is 16.3. The summed E-state index contributed by atoms with van der Waals surface area (Å²) in [5.41, 5.74) is 3.73. The lowest BCUT2D eigenvalue weighted by atomic mass is 9.76. The van der Waals surface area contributed by atoms with E-state index < -0.39 is 0 Å². The van der Waals surface area contributed by atoms with Gasteiger partial charge >= 0.3 is 5.97 Å². The second-order valence-corrected chi connectivity index (χ2v) is 6.62. The topological polar surface area (TPSA) is 81.5 Å². The number of esters is 1. The van der Waals surface area contributed by atoms with Crippen molar-refractivity contribution in [3.63, 3.8) is 0 Å². The molecule has 26 heavy (non-hydrogen) atoms. The molecule has 2 aliphatic rings. The molecule has 132 valence electrons. The fourth-order valence-corrected chi connectivity index (χ4v) is 3.97. The van der Waals surface area contributed by atoms with Gasteiger partial charge in [0.15, 0.2) is 0 Å². The first-order chi connectivity index (χ1) is 12.6. The van der Waals surface area contributed by atoms with Gasteiger partial charge in [0.05, 0.1) is 23.6 Å². The van der Waals surface area contributed by atoms with Gasteiger partial charge in [0.25, 0.3) is 5.69 Å². The molecule has 0 amide bonds. The van der Waals surface area contributed by atoms with Crippen LogP contribution in [0.1, 0.15) is 39.9 Å². The Labute approximate surface area is 150 Å². The minimum atomic E-state index is -0.387. The zero-order valence-corrected chi connectivity index (χ0v) is 14.2. The molecule has 2 aromatic rings. The van der Waals surface area contributed by atoms with E-state index in [0.717, 1.165) is 23.2 Å². The second kappa shape index (κ2) is 6.29. The van der Waals surface area contributed by atoms with E-state index >= 15 is 0 Å². The van der Waals surface area contributed by atoms with Gasteiger partial charge in [-0.3, -0.25) is 10.1 Å². The fourth-order valence-electron chi connectivity index (χ4n) is 3.97. The molecule has 0 saturated heterocycles. The molecule has 1 N–H and O–H groups in total. The van der Waals surface area contributed by atoms with E-state index in [9.17, 15) is 14.9 Å². The van der Waals surface area contributed by atoms with Gasteiger partial charge in [-0.1, -0.05) is 24.3 Å². The molecule has 0 spiro atoms. The number of carbonyl (C=O) groups excluding carboxylic acids is 1. The largest absolute Gasteiger partial charge is 0.465 e. The molecule has 1 aliphatic heterocycles. The highest BCUT2D eigenvalue weighted by Gasteiger charge is 2.38. The third kappa shape index (κ3) is 2.63. The van der Waals surface area contributed by atoms with Crippen molar-refractivity contribution in [1.82, 2.24) is 0 Å². The van der Waals surface area contributed by atoms with Crippen molar-refractivity contribution in [2.24, 2.45) is 5.92 Å². The number of non-ortho nitro benzene ring substituents is 1. The number of fused-ring (bicyclic) bond motifs is 3. The molecule has 1 heterocycles. The molecular weight excluding hydrogens is 332 g/mol. The molecule has 0 saturated carbocycles. The average Bonchev–Trinajstić information content (AvgIpc) is 3.16. The Balaban J connectivity index is 1.71. The lowest BCUT2D eigenvalue weighted by Crippen LogP contribution is -2.29. The Morgan fingerprint density at radius 3 is 2.69 bits per heavy atom. The number of ether oxygens (including phenoxy) is 1. The third-order valence-corrected chi connectivity index (χ3v) is 5.25. The number of methoxy groups -OCH3 is 1. The van der Waals surface area contributed by atoms with Crippen molar-refractivity contribution in [2.45, 2.75) is 18.4 Å². The standard InChI is InChI=1S/C20H18N2O4/c1-26-20(23)13-7-10-18-17(11-13)15-3-2-4-16(15)19(21-18)12-5-8-14(9-6-12)22(24)25/h2-3,5-11,15-16,19,21H,4H2,1H3/t15-,16-,19-/m1/s1. The van der Waals surface area contributed by atoms with Gasteiger partial charge in [0.1, 0.15) is 0 Å². The Bertz CT molecular complexity index is 905. The van der Waals surface area contributed by atoms with E-state index in [4.69, 9.17) is 4.74 Å². The molecule has 2 aromatic carbocycles. The summed E-state index contributed by atoms with van der Waals surface area (Å²) in [4.78, 5) is 22.3. The van der Waals surface area contributed by atoms with Crippen LogP contribution in [0, 0.1) is 16.0 Å². The van der Waals surface area contributed by atoms with Crippen molar-refractivity contribution >= 4 is 17.3 Å². The summed E-state index contributed by atoms with van der Waals surface area (Å²) in [5.74, 6) is 0.164. The van der Waals surface area contributed by atoms with Crippen molar-refractivity contribution in [2.75, 3.05) is 12.4 Å². The van der Waals surface area contributed by atoms with Gasteiger partial charge in [-0.15, -0.1) is 0 Å². The summed E-state index contributed by atoms with van der Waals surface area (Å²) in [7, 11) is 1.38. The molecule has 0 fully saturated rings. The molecular formula is C20H18N2O4. The lowest BCUT2D eigenvalue weighted by Gasteiger charge is -2.37. The zero-order valence-electron chi connectivity index (χ0n) is 14.2. The summed E-state index contributed by atoms with van der Waals surface area (Å²) in [6, 6.07) is 12.3. The highest BCUT2D eigenvalue weighted by atomic mass is 16.6. The maximum absolute atomic E-state index is 11.8. The van der Waals surface area contributed by atoms with Crippen LogP contribution in [0.4, 0.5) is 11.4 Å². The number of hydrogen-bond acceptors (Lipinski definition) is 5. The first-order valence-electron chi connectivity index (χ1n) is 8.48. The number of allylic oxidation sites excluding steroid dienone is 2. The normalized spacial score (nSPS) is 22.9. The first-order valence-corrected chi connectivity index (χ1v) is 8.48. The molecule has 6 heteroatoms. The van der Waals surface area contributed by atoms with Gasteiger partial charge in [-0.05, 0) is 41.7 Å². The molecule has 0 bridgehead atoms. The van der Waals surface area contributed by atoms with Crippen LogP contribution >= 0.6 is 0 Å². The van der Waals surface area contributed by atoms with Crippen LogP contribution < -0.4 is 5.32 Å². The van der Waals surface area contributed by atoms with E-state index in [-0.39, 0.29) is 28.5 Å². The highest BCUT2D eigenvalue weighted by Crippen LogP contribution is 2.50. The predicted molar refractivity (Wildman–Crippen MR) is 97.2 cm³/mol. The van der Waals surface area contributed by atoms with Crippen LogP contribution in [0.2, 0.25) is 0 Å². The van der Waals surface area contributed by atoms with Crippen molar-refractivity contribution in [3.05, 3.63) is 81.4 Å². The van der Waals surface area contributed by atoms with Crippen LogP contribution in [0.25, 0.3) is 0 Å². The number of anilines is 1. The monoisotopic (exact) mass is 350 g/mol. The van der Waals surface area contributed by atoms with E-state index in [1.807, 2.05) is 24.3 Å². The van der Waals surface area contributed by atoms with Gasteiger partial charge in [-0.2, -0.15) is 0 Å². The predicted octanol–water partition coefficient (Wildman–Crippen LogP) is 4.21. The van der Waals surface area contributed by atoms with Crippen LogP contribution in [0.3, 0.4) is 0 Å². The molecule has 0 unspecified atom stereocenters. The zero-order chi connectivity index (χ0) is 18.3. The van der Waals surface area contributed by atoms with Gasteiger partial charge in [-0.25, -0.2) is 4.79 Å². The van der Waals surface area contributed by atoms with Gasteiger partial charge in [0, 0.05) is 23.7 Å². The van der Waals surface area contributed by atoms with Crippen molar-refractivity contribution < 1.29 is 14.5 Å². The number of carbonyl (C=O) groups is 1. The van der Waals surface area contributed by atoms with E-state index in [1.54, 1.807) is 18.2 Å². The third-order valence-electron chi connectivity index (χ3n) is 5.25. The van der Waals surface area contributed by atoms with Crippen molar-refractivity contribution in [1.29, 1.82) is 0 Å². The molecule has 0 radical (unpaired) electrons. The lowest BCUT2D eigenvalue weighted by molar-refractivity contribution is -0.384. The molecule has 3 atom stereocenters. The number of benzene rings is 2. The average molecular weight is 350 g/mol. The quantitative estimate of drug-likeness (QED) is 0.388. The second-order valence-electron chi connectivity index (χ2n) is 6.62. The summed E-state index contributed by atoms with van der Waals surface area (Å²) in [5, 5.41) is 14.4. The Hall–Kier alpha value is -3.15. The number of rotatable bonds is 3. The van der Waals surface area contributed by atoms with Crippen molar-refractivity contribution in [3.8, 4) is 0 Å². The van der Waals surface area contributed by atoms with Crippen LogP contribution in [0.5, 0.6) is 0 Å². The summed E-state index contributed by atoms with van der Waals surface area (Å²) in [6.07, 6.45) is 5.26. The smallest absolute Gasteiger partial charge is 0.337 e. The minimum absolute atomic E-state index is 0.0623. The SMILES string of the molecule is COC(=O)c1ccc2c(c1)[C@@H]1C=CC[C@H]1[C@@H](c1ccc([N+](=O)[O-])cc1)N2. The number of nitro groups is 1. The van der Waals surface area contributed by atoms with E-state index in [0.29, 0.717) is 11.5 Å². The summed E-state index contributed by atoms with van der Waals surface area (Å²) < 4.78 is 4.83. The highest BCUT2D eigenvalue weighted by molar-refractivity contribution is 5.90. The number of nitrogens with zero attached hydrogens (tertiary/aromatic N) is 1. The molecule has 0 aromatic heterocycles. The van der Waals surface area contributed by atoms with Gasteiger partial charge < -0.3 is 10.1 Å². The molecule has 1 aliphatic carbocycles. The van der Waals surface area contributed by atoms with E-state index in [1.165, 1.54) is 7.11 Å². The summed E-state index contributed by atoms with van der Waals surface area (Å²) in [6.45, 7) is 0. The summed E-state index contributed by atoms with van der Waals surface area (Å²) >= 11 is 0. The minimum Gasteiger partial charge on any atom is -0.465 e. The molecule has 6 nitrogen and oxygen atoms in total. The maximum atomic E-state index is 11.8. The van der Waals surface area contributed by atoms with Gasteiger partial charge in [0.2, 0.25) is 0 Å². The van der Waals surface area contributed by atoms with Crippen LogP contribution in [-0.4, -0.2) is 18.0 Å². The van der Waals surface area contributed by atoms with E-state index in [2.05, 4.69) is 17.5 Å². The number of nitro benzene ring substituents is 1. The van der Waals surface area contributed by atoms with Crippen LogP contribution in [0.15, 0.2) is 54.6 Å². The molecule has 4 rings (SSSR count). The Morgan fingerprint density at radius 2 is 2.00 bits per heavy atom. The fraction of sp³-hybridized carbons (Fsp3) is 0.250. The Kier molecular flexibility index (Phi) is 3.95. The van der Waals surface area contributed by atoms with Crippen LogP contribution in [-0.2, 0) is 4.74 Å². The number of hydrogen-bond donors (Lipinski definition) is 1. The Morgan fingerprint density at radius 1 is 1.23 bits per heavy atom.